The number of nitrogens with one attached hydrogen (secondary N) is 1. The predicted molar refractivity (Wildman–Crippen MR) is 79.8 cm³/mol. The molecule has 0 radical (unpaired) electrons. The van der Waals surface area contributed by atoms with Gasteiger partial charge in [0.15, 0.2) is 0 Å². The molecule has 2 aromatic rings. The summed E-state index contributed by atoms with van der Waals surface area (Å²) >= 11 is 5.88. The minimum absolute atomic E-state index is 0.210. The summed E-state index contributed by atoms with van der Waals surface area (Å²) in [5, 5.41) is 0.703. The smallest absolute Gasteiger partial charge is 0.271 e. The Morgan fingerprint density at radius 2 is 1.84 bits per heavy atom. The Balaban J connectivity index is 2.49. The Hall–Kier alpha value is -1.74. The van der Waals surface area contributed by atoms with Gasteiger partial charge < -0.3 is 10.7 Å². The molecule has 0 aliphatic rings. The highest BCUT2D eigenvalue weighted by Gasteiger charge is 2.12. The van der Waals surface area contributed by atoms with Gasteiger partial charge in [-0.05, 0) is 42.2 Å². The molecule has 4 heteroatoms. The van der Waals surface area contributed by atoms with Crippen molar-refractivity contribution >= 4 is 17.3 Å². The Morgan fingerprint density at radius 3 is 2.42 bits per heavy atom. The fraction of sp³-hybridized carbons (Fsp3) is 0.267. The van der Waals surface area contributed by atoms with E-state index in [4.69, 9.17) is 17.3 Å². The molecular weight excluding hydrogens is 260 g/mol. The van der Waals surface area contributed by atoms with Crippen LogP contribution in [0.5, 0.6) is 0 Å². The van der Waals surface area contributed by atoms with Crippen LogP contribution in [0.15, 0.2) is 29.1 Å². The summed E-state index contributed by atoms with van der Waals surface area (Å²) in [4.78, 5) is 14.6. The van der Waals surface area contributed by atoms with Crippen LogP contribution in [0, 0.1) is 6.92 Å². The normalized spacial score (nSPS) is 10.7. The molecule has 0 atom stereocenters. The molecule has 0 unspecified atom stereocenters. The minimum atomic E-state index is -0.210. The van der Waals surface area contributed by atoms with E-state index in [1.807, 2.05) is 31.2 Å². The van der Waals surface area contributed by atoms with Crippen molar-refractivity contribution in [3.8, 4) is 0 Å². The second-order valence-corrected chi connectivity index (χ2v) is 5.04. The molecule has 1 aromatic carbocycles. The Labute approximate surface area is 117 Å². The number of benzene rings is 1. The summed E-state index contributed by atoms with van der Waals surface area (Å²) in [6, 6.07) is 7.60. The summed E-state index contributed by atoms with van der Waals surface area (Å²) in [6.07, 6.45) is 1.49. The number of aromatic amines is 1. The van der Waals surface area contributed by atoms with E-state index >= 15 is 0 Å². The van der Waals surface area contributed by atoms with E-state index in [-0.39, 0.29) is 5.56 Å². The molecular formula is C15H17ClN2O. The number of pyridine rings is 1. The van der Waals surface area contributed by atoms with Crippen molar-refractivity contribution in [2.24, 2.45) is 0 Å². The standard InChI is InChI=1S/C15H17ClN2O/c1-3-12-9(2)18-15(19)14(17)13(12)8-10-4-6-11(16)7-5-10/h4-7H,3,8,17H2,1-2H3,(H,18,19). The van der Waals surface area contributed by atoms with Crippen LogP contribution >= 0.6 is 11.6 Å². The second-order valence-electron chi connectivity index (χ2n) is 4.61. The lowest BCUT2D eigenvalue weighted by Gasteiger charge is -2.13. The van der Waals surface area contributed by atoms with E-state index in [2.05, 4.69) is 11.9 Å². The van der Waals surface area contributed by atoms with E-state index in [1.54, 1.807) is 0 Å². The van der Waals surface area contributed by atoms with E-state index in [0.29, 0.717) is 17.1 Å². The topological polar surface area (TPSA) is 58.9 Å². The van der Waals surface area contributed by atoms with Crippen LogP contribution < -0.4 is 11.3 Å². The number of hydrogen-bond acceptors (Lipinski definition) is 2. The number of aromatic nitrogens is 1. The minimum Gasteiger partial charge on any atom is -0.394 e. The highest BCUT2D eigenvalue weighted by atomic mass is 35.5. The van der Waals surface area contributed by atoms with Crippen molar-refractivity contribution in [3.05, 3.63) is 62.0 Å². The van der Waals surface area contributed by atoms with Crippen molar-refractivity contribution in [2.75, 3.05) is 5.73 Å². The van der Waals surface area contributed by atoms with Gasteiger partial charge in [-0.25, -0.2) is 0 Å². The van der Waals surface area contributed by atoms with Crippen molar-refractivity contribution in [3.63, 3.8) is 0 Å². The number of nitrogen functional groups attached to an aromatic ring is 1. The Bertz CT molecular complexity index is 644. The largest absolute Gasteiger partial charge is 0.394 e. The van der Waals surface area contributed by atoms with Gasteiger partial charge in [0.2, 0.25) is 0 Å². The van der Waals surface area contributed by atoms with Gasteiger partial charge in [-0.3, -0.25) is 4.79 Å². The zero-order valence-electron chi connectivity index (χ0n) is 11.1. The van der Waals surface area contributed by atoms with Crippen molar-refractivity contribution < 1.29 is 0 Å². The zero-order valence-corrected chi connectivity index (χ0v) is 11.8. The predicted octanol–water partition coefficient (Wildman–Crippen LogP) is 3.07. The fourth-order valence-electron chi connectivity index (χ4n) is 2.33. The first-order valence-corrected chi connectivity index (χ1v) is 6.65. The van der Waals surface area contributed by atoms with Gasteiger partial charge in [0, 0.05) is 17.1 Å². The number of anilines is 1. The first kappa shape index (κ1) is 13.7. The molecule has 0 fully saturated rings. The average molecular weight is 277 g/mol. The number of halogens is 1. The molecule has 0 aliphatic carbocycles. The monoisotopic (exact) mass is 276 g/mol. The quantitative estimate of drug-likeness (QED) is 0.905. The third kappa shape index (κ3) is 2.82. The lowest BCUT2D eigenvalue weighted by atomic mass is 9.96. The molecule has 3 N–H and O–H groups in total. The van der Waals surface area contributed by atoms with Crippen LogP contribution in [0.1, 0.15) is 29.3 Å². The fourth-order valence-corrected chi connectivity index (χ4v) is 2.45. The van der Waals surface area contributed by atoms with Gasteiger partial charge in [0.05, 0.1) is 0 Å². The number of H-pyrrole nitrogens is 1. The molecule has 19 heavy (non-hydrogen) atoms. The van der Waals surface area contributed by atoms with Gasteiger partial charge in [-0.2, -0.15) is 0 Å². The summed E-state index contributed by atoms with van der Waals surface area (Å²) in [7, 11) is 0. The summed E-state index contributed by atoms with van der Waals surface area (Å²) in [5.41, 5.74) is 10.1. The number of nitrogens with two attached hydrogens (primary N) is 1. The molecule has 100 valence electrons. The molecule has 2 rings (SSSR count). The van der Waals surface area contributed by atoms with E-state index in [1.165, 1.54) is 0 Å². The van der Waals surface area contributed by atoms with Crippen LogP contribution in [0.2, 0.25) is 5.02 Å². The highest BCUT2D eigenvalue weighted by molar-refractivity contribution is 6.30. The maximum absolute atomic E-state index is 11.8. The summed E-state index contributed by atoms with van der Waals surface area (Å²) < 4.78 is 0. The van der Waals surface area contributed by atoms with Gasteiger partial charge in [-0.1, -0.05) is 30.7 Å². The molecule has 0 saturated carbocycles. The van der Waals surface area contributed by atoms with Crippen molar-refractivity contribution in [1.29, 1.82) is 0 Å². The number of aryl methyl sites for hydroxylation is 1. The first-order valence-electron chi connectivity index (χ1n) is 6.27. The van der Waals surface area contributed by atoms with Crippen LogP contribution in [0.4, 0.5) is 5.69 Å². The van der Waals surface area contributed by atoms with E-state index < -0.39 is 0 Å². The molecule has 0 amide bonds. The average Bonchev–Trinajstić information content (AvgIpc) is 2.38. The third-order valence-corrected chi connectivity index (χ3v) is 3.59. The Kier molecular flexibility index (Phi) is 3.96. The van der Waals surface area contributed by atoms with Crippen LogP contribution in [0.25, 0.3) is 0 Å². The molecule has 0 bridgehead atoms. The molecule has 1 heterocycles. The third-order valence-electron chi connectivity index (χ3n) is 3.34. The maximum Gasteiger partial charge on any atom is 0.271 e. The number of rotatable bonds is 3. The van der Waals surface area contributed by atoms with Gasteiger partial charge in [0.25, 0.3) is 5.56 Å². The Morgan fingerprint density at radius 1 is 1.21 bits per heavy atom. The highest BCUT2D eigenvalue weighted by Crippen LogP contribution is 2.21. The molecule has 1 aromatic heterocycles. The molecule has 0 spiro atoms. The summed E-state index contributed by atoms with van der Waals surface area (Å²) in [6.45, 7) is 3.97. The van der Waals surface area contributed by atoms with Crippen LogP contribution in [0.3, 0.4) is 0 Å². The van der Waals surface area contributed by atoms with Crippen LogP contribution in [-0.4, -0.2) is 4.98 Å². The van der Waals surface area contributed by atoms with Crippen LogP contribution in [-0.2, 0) is 12.8 Å². The first-order chi connectivity index (χ1) is 9.02. The van der Waals surface area contributed by atoms with Gasteiger partial charge in [-0.15, -0.1) is 0 Å². The molecule has 0 saturated heterocycles. The van der Waals surface area contributed by atoms with E-state index in [9.17, 15) is 4.79 Å². The van der Waals surface area contributed by atoms with Crippen molar-refractivity contribution in [2.45, 2.75) is 26.7 Å². The maximum atomic E-state index is 11.8. The van der Waals surface area contributed by atoms with Crippen molar-refractivity contribution in [1.82, 2.24) is 4.98 Å². The van der Waals surface area contributed by atoms with Gasteiger partial charge in [0.1, 0.15) is 5.69 Å². The molecule has 0 aliphatic heterocycles. The molecule has 3 nitrogen and oxygen atoms in total. The number of hydrogen-bond donors (Lipinski definition) is 2. The second kappa shape index (κ2) is 5.49. The van der Waals surface area contributed by atoms with Gasteiger partial charge >= 0.3 is 0 Å². The SMILES string of the molecule is CCc1c(C)[nH]c(=O)c(N)c1Cc1ccc(Cl)cc1. The zero-order chi connectivity index (χ0) is 14.0. The summed E-state index contributed by atoms with van der Waals surface area (Å²) in [5.74, 6) is 0. The lowest BCUT2D eigenvalue weighted by Crippen LogP contribution is -2.19. The van der Waals surface area contributed by atoms with E-state index in [0.717, 1.165) is 28.8 Å². The lowest BCUT2D eigenvalue weighted by molar-refractivity contribution is 0.980.